The zero-order valence-electron chi connectivity index (χ0n) is 16.9. The molecule has 2 aliphatic heterocycles. The minimum atomic E-state index is -0.711. The number of hydrogen-bond acceptors (Lipinski definition) is 4. The lowest BCUT2D eigenvalue weighted by Gasteiger charge is -2.51. The van der Waals surface area contributed by atoms with Gasteiger partial charge in [0.2, 0.25) is 0 Å². The fourth-order valence-electron chi connectivity index (χ4n) is 5.47. The van der Waals surface area contributed by atoms with Crippen LogP contribution in [0.4, 0.5) is 0 Å². The van der Waals surface area contributed by atoms with E-state index in [-0.39, 0.29) is 23.9 Å². The summed E-state index contributed by atoms with van der Waals surface area (Å²) in [6.45, 7) is 6.10. The van der Waals surface area contributed by atoms with Crippen molar-refractivity contribution >= 4 is 20.8 Å². The number of hydrogen-bond donors (Lipinski definition) is 1. The number of carbonyl (C=O) groups excluding carboxylic acids is 1. The van der Waals surface area contributed by atoms with E-state index in [1.54, 1.807) is 6.08 Å². The lowest BCUT2D eigenvalue weighted by molar-refractivity contribution is -0.228. The van der Waals surface area contributed by atoms with E-state index in [2.05, 4.69) is 16.2 Å². The molecule has 2 heterocycles. The number of benzene rings is 1. The van der Waals surface area contributed by atoms with Crippen LogP contribution >= 0.6 is 9.24 Å². The third-order valence-corrected chi connectivity index (χ3v) is 7.71. The van der Waals surface area contributed by atoms with Crippen LogP contribution in [0.5, 0.6) is 0 Å². The number of rotatable bonds is 5. The van der Waals surface area contributed by atoms with Gasteiger partial charge in [0.1, 0.15) is 11.4 Å². The molecule has 1 aromatic rings. The minimum absolute atomic E-state index is 0.183. The molecule has 0 radical (unpaired) electrons. The minimum Gasteiger partial charge on any atom is -0.455 e. The molecule has 3 aliphatic rings. The summed E-state index contributed by atoms with van der Waals surface area (Å²) in [7, 11) is 2.77. The van der Waals surface area contributed by atoms with Crippen molar-refractivity contribution in [1.82, 2.24) is 0 Å². The predicted molar refractivity (Wildman–Crippen MR) is 113 cm³/mol. The average molecular weight is 402 g/mol. The Morgan fingerprint density at radius 1 is 1.36 bits per heavy atom. The molecule has 0 aromatic heterocycles. The summed E-state index contributed by atoms with van der Waals surface area (Å²) in [6, 6.07) is 9.85. The maximum atomic E-state index is 12.8. The summed E-state index contributed by atoms with van der Waals surface area (Å²) in [5, 5.41) is 10.1. The van der Waals surface area contributed by atoms with Crippen LogP contribution in [-0.4, -0.2) is 34.2 Å². The molecule has 0 spiro atoms. The summed E-state index contributed by atoms with van der Waals surface area (Å²) >= 11 is 0. The van der Waals surface area contributed by atoms with Crippen molar-refractivity contribution in [2.45, 2.75) is 69.6 Å². The number of aliphatic hydroxyl groups is 1. The second kappa shape index (κ2) is 7.23. The highest BCUT2D eigenvalue weighted by atomic mass is 31.0. The van der Waals surface area contributed by atoms with Crippen molar-refractivity contribution in [2.75, 3.05) is 0 Å². The van der Waals surface area contributed by atoms with Gasteiger partial charge in [0, 0.05) is 18.4 Å². The van der Waals surface area contributed by atoms with Gasteiger partial charge in [-0.15, -0.1) is 0 Å². The highest BCUT2D eigenvalue weighted by Gasteiger charge is 2.68. The lowest BCUT2D eigenvalue weighted by atomic mass is 9.70. The van der Waals surface area contributed by atoms with Gasteiger partial charge in [-0.2, -0.15) is 0 Å². The van der Waals surface area contributed by atoms with E-state index in [1.807, 2.05) is 44.2 Å². The summed E-state index contributed by atoms with van der Waals surface area (Å²) in [5.41, 5.74) is 1.32. The molecule has 1 saturated carbocycles. The second-order valence-electron chi connectivity index (χ2n) is 8.94. The van der Waals surface area contributed by atoms with Crippen LogP contribution in [0.1, 0.15) is 52.0 Å². The molecule has 7 atom stereocenters. The van der Waals surface area contributed by atoms with Gasteiger partial charge in [0.15, 0.2) is 0 Å². The fraction of sp³-hybridized carbons (Fsp3) is 0.609. The molecule has 0 amide bonds. The number of fused-ring (bicyclic) bond motifs is 2. The first kappa shape index (κ1) is 20.1. The largest absolute Gasteiger partial charge is 0.455 e. The van der Waals surface area contributed by atoms with Crippen LogP contribution < -0.4 is 0 Å². The van der Waals surface area contributed by atoms with E-state index < -0.39 is 17.0 Å². The van der Waals surface area contributed by atoms with Crippen molar-refractivity contribution in [2.24, 2.45) is 17.8 Å². The zero-order chi connectivity index (χ0) is 20.1. The van der Waals surface area contributed by atoms with Gasteiger partial charge in [-0.25, -0.2) is 4.79 Å². The summed E-state index contributed by atoms with van der Waals surface area (Å²) in [5.74, 6) is 0.633. The van der Waals surface area contributed by atoms with Crippen LogP contribution in [0.3, 0.4) is 0 Å². The Bertz CT molecular complexity index is 774. The molecule has 3 fully saturated rings. The van der Waals surface area contributed by atoms with E-state index in [4.69, 9.17) is 9.47 Å². The SMILES string of the molecule is CCC1C(C2CC2)C(OC(=O)/C=C(\C)c2ccccc2)C2(P)CC(O)C1(C)O2. The first-order valence-electron chi connectivity index (χ1n) is 10.4. The number of allylic oxidation sites excluding steroid dienone is 1. The summed E-state index contributed by atoms with van der Waals surface area (Å²) in [6.07, 6.45) is 4.40. The highest BCUT2D eigenvalue weighted by molar-refractivity contribution is 7.18. The molecule has 28 heavy (non-hydrogen) atoms. The van der Waals surface area contributed by atoms with Gasteiger partial charge >= 0.3 is 5.97 Å². The third-order valence-electron chi connectivity index (χ3n) is 7.03. The van der Waals surface area contributed by atoms with Crippen LogP contribution in [0.2, 0.25) is 0 Å². The standard InChI is InChI=1S/C23H31O4P/c1-4-17-20(16-10-11-16)21(23(28)13-18(24)22(17,3)27-23)26-19(25)12-14(2)15-8-6-5-7-9-15/h5-9,12,16-18,20-21,24H,4,10-11,13,28H2,1-3H3/b14-12+. The molecular formula is C23H31O4P. The van der Waals surface area contributed by atoms with Gasteiger partial charge in [-0.05, 0) is 49.7 Å². The highest BCUT2D eigenvalue weighted by Crippen LogP contribution is 2.62. The average Bonchev–Trinajstić information content (AvgIpc) is 3.46. The first-order valence-corrected chi connectivity index (χ1v) is 11.0. The van der Waals surface area contributed by atoms with Crippen molar-refractivity contribution < 1.29 is 19.4 Å². The smallest absolute Gasteiger partial charge is 0.331 e. The Hall–Kier alpha value is -1.22. The Morgan fingerprint density at radius 3 is 2.64 bits per heavy atom. The maximum Gasteiger partial charge on any atom is 0.331 e. The van der Waals surface area contributed by atoms with Crippen molar-refractivity contribution in [3.63, 3.8) is 0 Å². The van der Waals surface area contributed by atoms with Gasteiger partial charge < -0.3 is 14.6 Å². The topological polar surface area (TPSA) is 55.8 Å². The Labute approximate surface area is 169 Å². The molecule has 2 saturated heterocycles. The molecule has 4 nitrogen and oxygen atoms in total. The number of ether oxygens (including phenoxy) is 2. The Balaban J connectivity index is 1.61. The quantitative estimate of drug-likeness (QED) is 0.456. The van der Waals surface area contributed by atoms with Gasteiger partial charge in [0.25, 0.3) is 0 Å². The zero-order valence-corrected chi connectivity index (χ0v) is 18.1. The molecule has 1 aliphatic carbocycles. The third kappa shape index (κ3) is 3.34. The molecule has 5 heteroatoms. The fourth-order valence-corrected chi connectivity index (χ4v) is 6.24. The van der Waals surface area contributed by atoms with Gasteiger partial charge in [-0.1, -0.05) is 52.9 Å². The Kier molecular flexibility index (Phi) is 5.18. The first-order chi connectivity index (χ1) is 13.3. The van der Waals surface area contributed by atoms with E-state index >= 15 is 0 Å². The van der Waals surface area contributed by atoms with E-state index in [9.17, 15) is 9.90 Å². The second-order valence-corrected chi connectivity index (χ2v) is 9.92. The molecule has 1 aromatic carbocycles. The molecule has 4 rings (SSSR count). The molecule has 152 valence electrons. The van der Waals surface area contributed by atoms with Crippen molar-refractivity contribution in [3.05, 3.63) is 42.0 Å². The van der Waals surface area contributed by atoms with E-state index in [0.29, 0.717) is 12.3 Å². The van der Waals surface area contributed by atoms with Gasteiger partial charge in [0.05, 0.1) is 11.7 Å². The number of esters is 1. The Morgan fingerprint density at radius 2 is 2.04 bits per heavy atom. The molecular weight excluding hydrogens is 371 g/mol. The maximum absolute atomic E-state index is 12.8. The van der Waals surface area contributed by atoms with Crippen LogP contribution in [0.15, 0.2) is 36.4 Å². The van der Waals surface area contributed by atoms with Crippen molar-refractivity contribution in [3.8, 4) is 0 Å². The predicted octanol–water partition coefficient (Wildman–Crippen LogP) is 4.18. The molecule has 1 N–H and O–H groups in total. The lowest BCUT2D eigenvalue weighted by Crippen LogP contribution is -2.59. The summed E-state index contributed by atoms with van der Waals surface area (Å²) < 4.78 is 12.5. The summed E-state index contributed by atoms with van der Waals surface area (Å²) in [4.78, 5) is 12.8. The van der Waals surface area contributed by atoms with Gasteiger partial charge in [-0.3, -0.25) is 0 Å². The number of aliphatic hydroxyl groups excluding tert-OH is 1. The normalized spacial score (nSPS) is 40.4. The molecule has 7 unspecified atom stereocenters. The van der Waals surface area contributed by atoms with Crippen LogP contribution in [0, 0.1) is 17.8 Å². The monoisotopic (exact) mass is 402 g/mol. The molecule has 2 bridgehead atoms. The van der Waals surface area contributed by atoms with Crippen molar-refractivity contribution in [1.29, 1.82) is 0 Å². The van der Waals surface area contributed by atoms with E-state index in [0.717, 1.165) is 17.6 Å². The van der Waals surface area contributed by atoms with Crippen LogP contribution in [0.25, 0.3) is 5.57 Å². The van der Waals surface area contributed by atoms with Crippen LogP contribution in [-0.2, 0) is 14.3 Å². The number of carbonyl (C=O) groups is 1. The van der Waals surface area contributed by atoms with E-state index in [1.165, 1.54) is 12.8 Å².